The molecule has 4 nitrogen and oxygen atoms in total. The number of ether oxygens (including phenoxy) is 1. The number of benzene rings is 2. The average molecular weight is 332 g/mol. The zero-order chi connectivity index (χ0) is 17.1. The van der Waals surface area contributed by atoms with E-state index in [1.165, 1.54) is 6.07 Å². The van der Waals surface area contributed by atoms with E-state index in [0.717, 1.165) is 17.7 Å². The number of amides is 1. The number of nitrogens with one attached hydrogen (secondary N) is 1. The molecule has 0 aliphatic carbocycles. The highest BCUT2D eigenvalue weighted by Crippen LogP contribution is 2.29. The molecular weight excluding hydrogens is 314 g/mol. The summed E-state index contributed by atoms with van der Waals surface area (Å²) in [7, 11) is 1.92. The molecule has 0 unspecified atom stereocenters. The number of hydrogen-bond acceptors (Lipinski definition) is 3. The van der Waals surface area contributed by atoms with Crippen LogP contribution >= 0.6 is 0 Å². The van der Waals surface area contributed by atoms with Gasteiger partial charge in [0.1, 0.15) is 11.6 Å². The lowest BCUT2D eigenvalue weighted by atomic mass is 9.98. The van der Waals surface area contributed by atoms with Crippen LogP contribution in [0.4, 0.5) is 14.5 Å². The summed E-state index contributed by atoms with van der Waals surface area (Å²) < 4.78 is 32.4. The van der Waals surface area contributed by atoms with Gasteiger partial charge in [-0.15, -0.1) is 0 Å². The lowest BCUT2D eigenvalue weighted by molar-refractivity contribution is -0.139. The Morgan fingerprint density at radius 1 is 1.21 bits per heavy atom. The minimum atomic E-state index is -0.816. The molecule has 3 rings (SSSR count). The van der Waals surface area contributed by atoms with E-state index in [1.807, 2.05) is 42.3 Å². The maximum Gasteiger partial charge on any atom is 0.255 e. The van der Waals surface area contributed by atoms with Gasteiger partial charge in [-0.2, -0.15) is 0 Å². The molecule has 6 heteroatoms. The molecule has 1 fully saturated rings. The van der Waals surface area contributed by atoms with Gasteiger partial charge in [0.05, 0.1) is 18.3 Å². The van der Waals surface area contributed by atoms with Gasteiger partial charge in [0.15, 0.2) is 6.10 Å². The van der Waals surface area contributed by atoms with Crippen LogP contribution < -0.4 is 5.32 Å². The van der Waals surface area contributed by atoms with Crippen LogP contribution in [-0.4, -0.2) is 37.1 Å². The van der Waals surface area contributed by atoms with Gasteiger partial charge >= 0.3 is 0 Å². The van der Waals surface area contributed by atoms with E-state index in [2.05, 4.69) is 5.32 Å². The summed E-state index contributed by atoms with van der Waals surface area (Å²) in [5.41, 5.74) is 0.879. The van der Waals surface area contributed by atoms with Gasteiger partial charge < -0.3 is 10.1 Å². The smallest absolute Gasteiger partial charge is 0.255 e. The van der Waals surface area contributed by atoms with Gasteiger partial charge in [0.2, 0.25) is 0 Å². The molecule has 0 aromatic heterocycles. The van der Waals surface area contributed by atoms with Gasteiger partial charge in [0.25, 0.3) is 5.91 Å². The fraction of sp³-hybridized carbons (Fsp3) is 0.278. The summed E-state index contributed by atoms with van der Waals surface area (Å²) >= 11 is 0. The number of rotatable bonds is 3. The highest BCUT2D eigenvalue weighted by Gasteiger charge is 2.36. The number of carbonyl (C=O) groups excluding carboxylic acids is 1. The van der Waals surface area contributed by atoms with E-state index in [-0.39, 0.29) is 11.7 Å². The summed E-state index contributed by atoms with van der Waals surface area (Å²) in [6.07, 6.45) is -0.782. The van der Waals surface area contributed by atoms with Crippen molar-refractivity contribution >= 4 is 11.6 Å². The Bertz CT molecular complexity index is 724. The minimum Gasteiger partial charge on any atom is -0.365 e. The fourth-order valence-electron chi connectivity index (χ4n) is 2.88. The number of nitrogens with zero attached hydrogens (tertiary/aromatic N) is 1. The van der Waals surface area contributed by atoms with Crippen molar-refractivity contribution in [2.75, 3.05) is 25.5 Å². The predicted molar refractivity (Wildman–Crippen MR) is 86.5 cm³/mol. The van der Waals surface area contributed by atoms with Gasteiger partial charge in [-0.1, -0.05) is 30.3 Å². The zero-order valence-corrected chi connectivity index (χ0v) is 13.2. The largest absolute Gasteiger partial charge is 0.365 e. The average Bonchev–Trinajstić information content (AvgIpc) is 2.58. The monoisotopic (exact) mass is 332 g/mol. The number of morpholine rings is 1. The van der Waals surface area contributed by atoms with E-state index >= 15 is 0 Å². The molecular formula is C18H18F2N2O2. The maximum absolute atomic E-state index is 13.8. The second-order valence-corrected chi connectivity index (χ2v) is 5.74. The molecule has 2 aromatic carbocycles. The second-order valence-electron chi connectivity index (χ2n) is 5.74. The molecule has 0 radical (unpaired) electrons. The summed E-state index contributed by atoms with van der Waals surface area (Å²) in [6, 6.07) is 12.3. The van der Waals surface area contributed by atoms with Crippen LogP contribution in [0.3, 0.4) is 0 Å². The third-order valence-electron chi connectivity index (χ3n) is 4.09. The Hall–Kier alpha value is -2.31. The van der Waals surface area contributed by atoms with Gasteiger partial charge in [-0.05, 0) is 24.7 Å². The molecule has 2 atom stereocenters. The van der Waals surface area contributed by atoms with Crippen molar-refractivity contribution in [3.63, 3.8) is 0 Å². The molecule has 126 valence electrons. The molecule has 1 aliphatic heterocycles. The van der Waals surface area contributed by atoms with Gasteiger partial charge in [-0.3, -0.25) is 9.69 Å². The number of halogens is 2. The Balaban J connectivity index is 1.83. The van der Waals surface area contributed by atoms with Crippen LogP contribution in [0.2, 0.25) is 0 Å². The summed E-state index contributed by atoms with van der Waals surface area (Å²) in [5, 5.41) is 2.50. The number of anilines is 1. The Morgan fingerprint density at radius 2 is 1.96 bits per heavy atom. The summed E-state index contributed by atoms with van der Waals surface area (Å²) in [4.78, 5) is 14.6. The predicted octanol–water partition coefficient (Wildman–Crippen LogP) is 2.98. The number of likely N-dealkylation sites (N-methyl/N-ethyl adjacent to an activating group) is 1. The number of carbonyl (C=O) groups is 1. The SMILES string of the molecule is CN1CCO[C@@H](C(=O)Nc2ccc(F)cc2F)[C@@H]1c1ccccc1. The van der Waals surface area contributed by atoms with Crippen molar-refractivity contribution in [2.24, 2.45) is 0 Å². The van der Waals surface area contributed by atoms with E-state index in [0.29, 0.717) is 13.2 Å². The highest BCUT2D eigenvalue weighted by atomic mass is 19.1. The molecule has 0 spiro atoms. The summed E-state index contributed by atoms with van der Waals surface area (Å²) in [5.74, 6) is -1.97. The van der Waals surface area contributed by atoms with Crippen molar-refractivity contribution in [3.05, 3.63) is 65.7 Å². The van der Waals surface area contributed by atoms with Crippen molar-refractivity contribution in [1.82, 2.24) is 4.90 Å². The third kappa shape index (κ3) is 3.44. The first-order valence-electron chi connectivity index (χ1n) is 7.69. The first-order chi connectivity index (χ1) is 11.6. The molecule has 1 saturated heterocycles. The van der Waals surface area contributed by atoms with Crippen molar-refractivity contribution in [3.8, 4) is 0 Å². The molecule has 1 N–H and O–H groups in total. The van der Waals surface area contributed by atoms with Gasteiger partial charge in [-0.25, -0.2) is 8.78 Å². The quantitative estimate of drug-likeness (QED) is 0.939. The minimum absolute atomic E-state index is 0.0648. The Kier molecular flexibility index (Phi) is 4.87. The van der Waals surface area contributed by atoms with E-state index in [4.69, 9.17) is 4.74 Å². The first-order valence-corrected chi connectivity index (χ1v) is 7.69. The standard InChI is InChI=1S/C18H18F2N2O2/c1-22-9-10-24-17(16(22)12-5-3-2-4-6-12)18(23)21-15-8-7-13(19)11-14(15)20/h2-8,11,16-17H,9-10H2,1H3,(H,21,23)/t16-,17+/m0/s1. The topological polar surface area (TPSA) is 41.6 Å². The summed E-state index contributed by atoms with van der Waals surface area (Å²) in [6.45, 7) is 1.10. The second kappa shape index (κ2) is 7.07. The van der Waals surface area contributed by atoms with Crippen molar-refractivity contribution in [1.29, 1.82) is 0 Å². The van der Waals surface area contributed by atoms with Crippen LogP contribution in [0.25, 0.3) is 0 Å². The molecule has 1 aliphatic rings. The molecule has 1 amide bonds. The fourth-order valence-corrected chi connectivity index (χ4v) is 2.88. The van der Waals surface area contributed by atoms with Crippen LogP contribution in [0.15, 0.2) is 48.5 Å². The highest BCUT2D eigenvalue weighted by molar-refractivity contribution is 5.95. The maximum atomic E-state index is 13.8. The Labute approximate surface area is 139 Å². The van der Waals surface area contributed by atoms with Gasteiger partial charge in [0, 0.05) is 12.6 Å². The molecule has 0 saturated carbocycles. The first kappa shape index (κ1) is 16.5. The van der Waals surface area contributed by atoms with Crippen LogP contribution in [0.1, 0.15) is 11.6 Å². The Morgan fingerprint density at radius 3 is 2.67 bits per heavy atom. The van der Waals surface area contributed by atoms with E-state index < -0.39 is 23.6 Å². The zero-order valence-electron chi connectivity index (χ0n) is 13.2. The lowest BCUT2D eigenvalue weighted by Gasteiger charge is -2.38. The lowest BCUT2D eigenvalue weighted by Crippen LogP contribution is -2.48. The van der Waals surface area contributed by atoms with Crippen LogP contribution in [0.5, 0.6) is 0 Å². The van der Waals surface area contributed by atoms with Crippen molar-refractivity contribution in [2.45, 2.75) is 12.1 Å². The molecule has 1 heterocycles. The molecule has 24 heavy (non-hydrogen) atoms. The van der Waals surface area contributed by atoms with E-state index in [1.54, 1.807) is 0 Å². The normalized spacial score (nSPS) is 21.5. The van der Waals surface area contributed by atoms with Crippen molar-refractivity contribution < 1.29 is 18.3 Å². The molecule has 0 bridgehead atoms. The third-order valence-corrected chi connectivity index (χ3v) is 4.09. The molecule has 2 aromatic rings. The van der Waals surface area contributed by atoms with Crippen LogP contribution in [0, 0.1) is 11.6 Å². The van der Waals surface area contributed by atoms with Crippen LogP contribution in [-0.2, 0) is 9.53 Å². The van der Waals surface area contributed by atoms with E-state index in [9.17, 15) is 13.6 Å². The number of hydrogen-bond donors (Lipinski definition) is 1.